The molecule has 18 heavy (non-hydrogen) atoms. The molecule has 1 aliphatic heterocycles. The van der Waals surface area contributed by atoms with Crippen LogP contribution in [0.1, 0.15) is 29.8 Å². The fraction of sp³-hybridized carbons (Fsp3) is 0.455. The van der Waals surface area contributed by atoms with Gasteiger partial charge in [-0.05, 0) is 19.3 Å². The van der Waals surface area contributed by atoms with Crippen molar-refractivity contribution in [2.75, 3.05) is 6.54 Å². The summed E-state index contributed by atoms with van der Waals surface area (Å²) in [6, 6.07) is -0.806. The van der Waals surface area contributed by atoms with Gasteiger partial charge in [0.1, 0.15) is 11.7 Å². The number of aromatic nitrogens is 2. The molecule has 2 N–H and O–H groups in total. The molecule has 1 atom stereocenters. The van der Waals surface area contributed by atoms with Gasteiger partial charge < -0.3 is 15.0 Å². The van der Waals surface area contributed by atoms with Crippen molar-refractivity contribution in [3.63, 3.8) is 0 Å². The second kappa shape index (κ2) is 4.99. The molecule has 1 aromatic heterocycles. The van der Waals surface area contributed by atoms with Gasteiger partial charge in [0.15, 0.2) is 0 Å². The number of aliphatic carboxylic acids is 1. The Hall–Kier alpha value is -2.18. The van der Waals surface area contributed by atoms with Gasteiger partial charge in [0.2, 0.25) is 0 Å². The average molecular weight is 251 g/mol. The Balaban J connectivity index is 2.23. The highest BCUT2D eigenvalue weighted by Gasteiger charge is 2.32. The fourth-order valence-corrected chi connectivity index (χ4v) is 2.04. The number of carboxylic acids is 1. The van der Waals surface area contributed by atoms with Crippen molar-refractivity contribution in [3.8, 4) is 0 Å². The van der Waals surface area contributed by atoms with E-state index >= 15 is 0 Å². The number of hydrogen-bond acceptors (Lipinski definition) is 4. The zero-order chi connectivity index (χ0) is 13.1. The minimum atomic E-state index is -1.01. The van der Waals surface area contributed by atoms with Crippen molar-refractivity contribution in [1.82, 2.24) is 14.9 Å². The second-order valence-electron chi connectivity index (χ2n) is 4.14. The van der Waals surface area contributed by atoms with Crippen LogP contribution in [0.3, 0.4) is 0 Å². The molecule has 0 aliphatic carbocycles. The Morgan fingerprint density at radius 1 is 1.44 bits per heavy atom. The first kappa shape index (κ1) is 12.3. The van der Waals surface area contributed by atoms with Crippen LogP contribution in [0.4, 0.5) is 0 Å². The van der Waals surface area contributed by atoms with E-state index in [1.807, 2.05) is 0 Å². The third-order valence-corrected chi connectivity index (χ3v) is 2.94. The Kier molecular flexibility index (Phi) is 3.40. The lowest BCUT2D eigenvalue weighted by atomic mass is 10.0. The lowest BCUT2D eigenvalue weighted by Crippen LogP contribution is -2.48. The van der Waals surface area contributed by atoms with Crippen molar-refractivity contribution in [2.24, 2.45) is 0 Å². The molecule has 1 amide bonds. The van der Waals surface area contributed by atoms with Gasteiger partial charge in [0.05, 0.1) is 6.20 Å². The van der Waals surface area contributed by atoms with E-state index in [1.165, 1.54) is 11.1 Å². The average Bonchev–Trinajstić information content (AvgIpc) is 2.39. The molecular weight excluding hydrogens is 238 g/mol. The molecule has 0 bridgehead atoms. The summed E-state index contributed by atoms with van der Waals surface area (Å²) in [6.07, 6.45) is 4.23. The predicted octanol–water partition coefficient (Wildman–Crippen LogP) is -0.151. The summed E-state index contributed by atoms with van der Waals surface area (Å²) >= 11 is 0. The number of carboxylic acid groups (broad SMARTS) is 1. The minimum Gasteiger partial charge on any atom is -0.480 e. The van der Waals surface area contributed by atoms with Crippen molar-refractivity contribution >= 4 is 11.9 Å². The van der Waals surface area contributed by atoms with E-state index in [0.717, 1.165) is 19.0 Å². The standard InChI is InChI=1S/C11H13N3O4/c15-9-6-12-7(5-13-9)10(16)14-4-2-1-3-8(14)11(17)18/h5-6,8H,1-4H2,(H,13,15)(H,17,18)/t8-/m1/s1. The minimum absolute atomic E-state index is 0.0581. The summed E-state index contributed by atoms with van der Waals surface area (Å²) in [5, 5.41) is 9.08. The topological polar surface area (TPSA) is 103 Å². The first-order chi connectivity index (χ1) is 8.59. The van der Waals surface area contributed by atoms with Crippen LogP contribution in [0.15, 0.2) is 17.2 Å². The van der Waals surface area contributed by atoms with Crippen LogP contribution in [0, 0.1) is 0 Å². The molecular formula is C11H13N3O4. The van der Waals surface area contributed by atoms with E-state index in [2.05, 4.69) is 9.97 Å². The predicted molar refractivity (Wildman–Crippen MR) is 61.2 cm³/mol. The quantitative estimate of drug-likeness (QED) is 0.760. The maximum Gasteiger partial charge on any atom is 0.326 e. The molecule has 0 spiro atoms. The first-order valence-corrected chi connectivity index (χ1v) is 5.68. The summed E-state index contributed by atoms with van der Waals surface area (Å²) in [7, 11) is 0. The Labute approximate surface area is 102 Å². The summed E-state index contributed by atoms with van der Waals surface area (Å²) in [6.45, 7) is 0.399. The summed E-state index contributed by atoms with van der Waals surface area (Å²) < 4.78 is 0. The highest BCUT2D eigenvalue weighted by molar-refractivity contribution is 5.94. The van der Waals surface area contributed by atoms with Gasteiger partial charge in [0.25, 0.3) is 11.5 Å². The van der Waals surface area contributed by atoms with Crippen molar-refractivity contribution in [3.05, 3.63) is 28.4 Å². The maximum absolute atomic E-state index is 12.1. The van der Waals surface area contributed by atoms with E-state index in [-0.39, 0.29) is 5.69 Å². The number of rotatable bonds is 2. The zero-order valence-electron chi connectivity index (χ0n) is 9.63. The summed E-state index contributed by atoms with van der Waals surface area (Å²) in [4.78, 5) is 41.4. The van der Waals surface area contributed by atoms with Crippen LogP contribution < -0.4 is 5.56 Å². The van der Waals surface area contributed by atoms with Crippen LogP contribution >= 0.6 is 0 Å². The third kappa shape index (κ3) is 2.39. The number of H-pyrrole nitrogens is 1. The van der Waals surface area contributed by atoms with E-state index in [1.54, 1.807) is 0 Å². The molecule has 2 heterocycles. The van der Waals surface area contributed by atoms with Gasteiger partial charge in [-0.3, -0.25) is 9.59 Å². The molecule has 0 radical (unpaired) electrons. The Morgan fingerprint density at radius 3 is 2.83 bits per heavy atom. The normalized spacial score (nSPS) is 19.6. The Morgan fingerprint density at radius 2 is 2.22 bits per heavy atom. The van der Waals surface area contributed by atoms with Crippen LogP contribution in [0.25, 0.3) is 0 Å². The highest BCUT2D eigenvalue weighted by atomic mass is 16.4. The molecule has 96 valence electrons. The number of amides is 1. The van der Waals surface area contributed by atoms with Gasteiger partial charge in [-0.1, -0.05) is 0 Å². The smallest absolute Gasteiger partial charge is 0.326 e. The number of aromatic amines is 1. The number of nitrogens with one attached hydrogen (secondary N) is 1. The van der Waals surface area contributed by atoms with Gasteiger partial charge in [-0.2, -0.15) is 0 Å². The van der Waals surface area contributed by atoms with Crippen molar-refractivity contribution < 1.29 is 14.7 Å². The van der Waals surface area contributed by atoms with Crippen molar-refractivity contribution in [1.29, 1.82) is 0 Å². The fourth-order valence-electron chi connectivity index (χ4n) is 2.04. The van der Waals surface area contributed by atoms with Crippen LogP contribution in [0.2, 0.25) is 0 Å². The van der Waals surface area contributed by atoms with Gasteiger partial charge in [-0.25, -0.2) is 9.78 Å². The van der Waals surface area contributed by atoms with Gasteiger partial charge >= 0.3 is 5.97 Å². The molecule has 1 aliphatic rings. The molecule has 1 aromatic rings. The number of hydrogen-bond donors (Lipinski definition) is 2. The molecule has 0 unspecified atom stereocenters. The first-order valence-electron chi connectivity index (χ1n) is 5.68. The molecule has 1 fully saturated rings. The molecule has 0 aromatic carbocycles. The molecule has 7 heteroatoms. The van der Waals surface area contributed by atoms with Crippen LogP contribution in [-0.2, 0) is 4.79 Å². The van der Waals surface area contributed by atoms with E-state index < -0.39 is 23.5 Å². The SMILES string of the molecule is O=C(O)[C@H]1CCCCN1C(=O)c1c[nH]c(=O)cn1. The summed E-state index contributed by atoms with van der Waals surface area (Å²) in [5.74, 6) is -1.47. The lowest BCUT2D eigenvalue weighted by molar-refractivity contribution is -0.143. The molecule has 7 nitrogen and oxygen atoms in total. The molecule has 0 saturated carbocycles. The largest absolute Gasteiger partial charge is 0.480 e. The molecule has 1 saturated heterocycles. The number of piperidine rings is 1. The van der Waals surface area contributed by atoms with Gasteiger partial charge in [0, 0.05) is 12.7 Å². The van der Waals surface area contributed by atoms with Crippen LogP contribution in [0.5, 0.6) is 0 Å². The zero-order valence-corrected chi connectivity index (χ0v) is 9.63. The van der Waals surface area contributed by atoms with Crippen LogP contribution in [-0.4, -0.2) is 44.4 Å². The monoisotopic (exact) mass is 251 g/mol. The molecule has 2 rings (SSSR count). The Bertz CT molecular complexity index is 505. The van der Waals surface area contributed by atoms with Gasteiger partial charge in [-0.15, -0.1) is 0 Å². The second-order valence-corrected chi connectivity index (χ2v) is 4.14. The number of carbonyl (C=O) groups excluding carboxylic acids is 1. The van der Waals surface area contributed by atoms with E-state index in [0.29, 0.717) is 13.0 Å². The number of likely N-dealkylation sites (tertiary alicyclic amines) is 1. The number of nitrogens with zero attached hydrogens (tertiary/aromatic N) is 2. The van der Waals surface area contributed by atoms with E-state index in [9.17, 15) is 14.4 Å². The lowest BCUT2D eigenvalue weighted by Gasteiger charge is -2.32. The maximum atomic E-state index is 12.1. The van der Waals surface area contributed by atoms with E-state index in [4.69, 9.17) is 5.11 Å². The summed E-state index contributed by atoms with van der Waals surface area (Å²) in [5.41, 5.74) is -0.345. The third-order valence-electron chi connectivity index (χ3n) is 2.94. The number of carbonyl (C=O) groups is 2. The highest BCUT2D eigenvalue weighted by Crippen LogP contribution is 2.18. The van der Waals surface area contributed by atoms with Crippen molar-refractivity contribution in [2.45, 2.75) is 25.3 Å².